The molecule has 4 aromatic rings. The number of thioether (sulfide) groups is 1. The van der Waals surface area contributed by atoms with Crippen molar-refractivity contribution in [1.82, 2.24) is 0 Å². The summed E-state index contributed by atoms with van der Waals surface area (Å²) in [6, 6.07) is 30.6. The minimum absolute atomic E-state index is 0.163. The molecule has 0 heterocycles. The van der Waals surface area contributed by atoms with Crippen LogP contribution in [0.4, 0.5) is 11.4 Å². The van der Waals surface area contributed by atoms with Crippen molar-refractivity contribution < 1.29 is 9.53 Å². The fourth-order valence-electron chi connectivity index (χ4n) is 3.86. The maximum absolute atomic E-state index is 14.3. The van der Waals surface area contributed by atoms with Gasteiger partial charge in [0, 0.05) is 10.5 Å². The number of hydrogen-bond donors (Lipinski definition) is 1. The topological polar surface area (TPSA) is 55.6 Å². The number of benzene rings is 4. The minimum Gasteiger partial charge on any atom is -0.497 e. The number of hydrogen-bond acceptors (Lipinski definition) is 4. The summed E-state index contributed by atoms with van der Waals surface area (Å²) in [5, 5.41) is 0. The van der Waals surface area contributed by atoms with E-state index in [-0.39, 0.29) is 5.91 Å². The molecule has 2 radical (unpaired) electrons. The molecule has 1 amide bonds. The third-order valence-electron chi connectivity index (χ3n) is 5.85. The van der Waals surface area contributed by atoms with Gasteiger partial charge in [0.1, 0.15) is 5.75 Å². The summed E-state index contributed by atoms with van der Waals surface area (Å²) in [5.74, 6) is 0.560. The van der Waals surface area contributed by atoms with Gasteiger partial charge >= 0.3 is 0 Å². The molecule has 0 atom stereocenters. The van der Waals surface area contributed by atoms with Crippen molar-refractivity contribution in [2.75, 3.05) is 24.0 Å². The number of nitrogen functional groups attached to an aromatic ring is 1. The molecule has 0 spiro atoms. The average Bonchev–Trinajstić information content (AvgIpc) is 2.92. The molecule has 36 heavy (non-hydrogen) atoms. The van der Waals surface area contributed by atoms with E-state index >= 15 is 0 Å². The van der Waals surface area contributed by atoms with Crippen LogP contribution in [0.2, 0.25) is 0 Å². The van der Waals surface area contributed by atoms with Crippen molar-refractivity contribution in [2.45, 2.75) is 11.4 Å². The van der Waals surface area contributed by atoms with Crippen molar-refractivity contribution in [3.63, 3.8) is 0 Å². The molecule has 4 nitrogen and oxygen atoms in total. The van der Waals surface area contributed by atoms with Gasteiger partial charge in [0.2, 0.25) is 0 Å². The third-order valence-corrected chi connectivity index (χ3v) is 6.59. The number of ether oxygens (including phenoxy) is 1. The first-order valence-electron chi connectivity index (χ1n) is 11.5. The monoisotopic (exact) mass is 492 g/mol. The highest BCUT2D eigenvalue weighted by atomic mass is 32.2. The number of amides is 1. The van der Waals surface area contributed by atoms with E-state index in [1.165, 1.54) is 0 Å². The Morgan fingerprint density at radius 1 is 0.944 bits per heavy atom. The number of nitrogens with zero attached hydrogens (tertiary/aromatic N) is 1. The second-order valence-corrected chi connectivity index (χ2v) is 9.13. The molecule has 4 aromatic carbocycles. The Balaban J connectivity index is 1.82. The van der Waals surface area contributed by atoms with E-state index in [1.807, 2.05) is 103 Å². The second-order valence-electron chi connectivity index (χ2n) is 8.25. The van der Waals surface area contributed by atoms with E-state index in [0.717, 1.165) is 27.3 Å². The van der Waals surface area contributed by atoms with Gasteiger partial charge in [0.15, 0.2) is 0 Å². The van der Waals surface area contributed by atoms with Crippen LogP contribution in [-0.2, 0) is 11.3 Å². The molecule has 180 valence electrons. The third kappa shape index (κ3) is 5.99. The fourth-order valence-corrected chi connectivity index (χ4v) is 4.26. The van der Waals surface area contributed by atoms with Crippen molar-refractivity contribution in [3.8, 4) is 5.75 Å². The van der Waals surface area contributed by atoms with Gasteiger partial charge in [-0.1, -0.05) is 60.7 Å². The Hall–Kier alpha value is -3.96. The Labute approximate surface area is 217 Å². The lowest BCUT2D eigenvalue weighted by molar-refractivity contribution is -0.113. The summed E-state index contributed by atoms with van der Waals surface area (Å²) in [6.07, 6.45) is 3.96. The highest BCUT2D eigenvalue weighted by molar-refractivity contribution is 7.98. The van der Waals surface area contributed by atoms with Crippen molar-refractivity contribution in [1.29, 1.82) is 0 Å². The van der Waals surface area contributed by atoms with E-state index in [2.05, 4.69) is 0 Å². The summed E-state index contributed by atoms with van der Waals surface area (Å²) in [5.41, 5.74) is 11.4. The standard InChI is InChI=1S/C31H28N2O2S/c1-22-8-10-24(11-9-22)21-33(30-7-5-4-6-29(30)32)31(34)28(25-14-16-26(35-2)17-15-25)20-23-12-18-27(36-3)19-13-23/h1,4-20H,21,32H2,2-3H3. The van der Waals surface area contributed by atoms with Crippen LogP contribution in [0.15, 0.2) is 102 Å². The fraction of sp³-hybridized carbons (Fsp3) is 0.0968. The smallest absolute Gasteiger partial charge is 0.259 e. The van der Waals surface area contributed by atoms with Gasteiger partial charge in [0.05, 0.1) is 25.0 Å². The van der Waals surface area contributed by atoms with E-state index in [0.29, 0.717) is 29.1 Å². The summed E-state index contributed by atoms with van der Waals surface area (Å²) in [4.78, 5) is 17.2. The minimum atomic E-state index is -0.163. The van der Waals surface area contributed by atoms with Gasteiger partial charge < -0.3 is 15.4 Å². The van der Waals surface area contributed by atoms with Crippen LogP contribution in [0.3, 0.4) is 0 Å². The second kappa shape index (κ2) is 11.6. The zero-order valence-electron chi connectivity index (χ0n) is 20.3. The first-order valence-corrected chi connectivity index (χ1v) is 12.7. The van der Waals surface area contributed by atoms with E-state index in [1.54, 1.807) is 29.8 Å². The molecule has 2 N–H and O–H groups in total. The first kappa shape index (κ1) is 25.1. The van der Waals surface area contributed by atoms with Crippen LogP contribution >= 0.6 is 11.8 Å². The molecule has 0 saturated carbocycles. The Morgan fingerprint density at radius 2 is 1.61 bits per heavy atom. The van der Waals surface area contributed by atoms with Crippen molar-refractivity contribution >= 4 is 40.7 Å². The van der Waals surface area contributed by atoms with Crippen molar-refractivity contribution in [3.05, 3.63) is 126 Å². The van der Waals surface area contributed by atoms with Gasteiger partial charge in [-0.3, -0.25) is 4.79 Å². The highest BCUT2D eigenvalue weighted by Gasteiger charge is 2.23. The zero-order chi connectivity index (χ0) is 25.5. The van der Waals surface area contributed by atoms with Gasteiger partial charge in [0.25, 0.3) is 5.91 Å². The maximum Gasteiger partial charge on any atom is 0.259 e. The predicted octanol–water partition coefficient (Wildman–Crippen LogP) is 6.83. The lowest BCUT2D eigenvalue weighted by Gasteiger charge is -2.26. The predicted molar refractivity (Wildman–Crippen MR) is 151 cm³/mol. The van der Waals surface area contributed by atoms with Gasteiger partial charge in [-0.15, -0.1) is 11.8 Å². The molecule has 0 unspecified atom stereocenters. The molecule has 4 rings (SSSR count). The lowest BCUT2D eigenvalue weighted by Crippen LogP contribution is -2.31. The molecular formula is C31H28N2O2S. The Morgan fingerprint density at radius 3 is 2.22 bits per heavy atom. The van der Waals surface area contributed by atoms with Gasteiger partial charge in [-0.25, -0.2) is 0 Å². The maximum atomic E-state index is 14.3. The number of para-hydroxylation sites is 2. The van der Waals surface area contributed by atoms with Crippen LogP contribution in [0.5, 0.6) is 5.75 Å². The molecule has 0 bridgehead atoms. The number of anilines is 2. The van der Waals surface area contributed by atoms with Crippen LogP contribution in [0.1, 0.15) is 22.3 Å². The van der Waals surface area contributed by atoms with Gasteiger partial charge in [-0.2, -0.15) is 0 Å². The molecular weight excluding hydrogens is 464 g/mol. The van der Waals surface area contributed by atoms with Crippen molar-refractivity contribution in [2.24, 2.45) is 0 Å². The quantitative estimate of drug-likeness (QED) is 0.127. The number of carbonyl (C=O) groups is 1. The summed E-state index contributed by atoms with van der Waals surface area (Å²) >= 11 is 1.68. The van der Waals surface area contributed by atoms with Crippen LogP contribution in [0, 0.1) is 6.92 Å². The number of nitrogens with two attached hydrogens (primary N) is 1. The summed E-state index contributed by atoms with van der Waals surface area (Å²) < 4.78 is 5.33. The molecule has 0 aliphatic heterocycles. The number of rotatable bonds is 8. The summed E-state index contributed by atoms with van der Waals surface area (Å²) in [6.45, 7) is 6.23. The Bertz CT molecular complexity index is 1340. The van der Waals surface area contributed by atoms with Crippen LogP contribution in [-0.4, -0.2) is 19.3 Å². The largest absolute Gasteiger partial charge is 0.497 e. The summed E-state index contributed by atoms with van der Waals surface area (Å²) in [7, 11) is 1.62. The molecule has 0 aliphatic rings. The molecule has 0 saturated heterocycles. The molecule has 0 aliphatic carbocycles. The molecule has 0 fully saturated rings. The van der Waals surface area contributed by atoms with Crippen LogP contribution < -0.4 is 15.4 Å². The number of carbonyl (C=O) groups excluding carboxylic acids is 1. The average molecular weight is 493 g/mol. The lowest BCUT2D eigenvalue weighted by atomic mass is 10.00. The normalized spacial score (nSPS) is 11.2. The van der Waals surface area contributed by atoms with Gasteiger partial charge in [-0.05, 0) is 77.9 Å². The first-order chi connectivity index (χ1) is 17.5. The zero-order valence-corrected chi connectivity index (χ0v) is 21.2. The Kier molecular flexibility index (Phi) is 8.13. The number of methoxy groups -OCH3 is 1. The highest BCUT2D eigenvalue weighted by Crippen LogP contribution is 2.31. The van der Waals surface area contributed by atoms with Crippen LogP contribution in [0.25, 0.3) is 11.6 Å². The van der Waals surface area contributed by atoms with E-state index in [9.17, 15) is 4.79 Å². The van der Waals surface area contributed by atoms with E-state index < -0.39 is 0 Å². The van der Waals surface area contributed by atoms with E-state index in [4.69, 9.17) is 17.4 Å². The molecule has 5 heteroatoms. The molecule has 0 aromatic heterocycles. The SMILES string of the molecule is [CH]c1ccc(CN(C(=O)C(=Cc2ccc(SC)cc2)c2ccc(OC)cc2)c2ccccc2N)cc1.